The molecule has 1 aliphatic rings. The molecule has 0 heterocycles. The van der Waals surface area contributed by atoms with Gasteiger partial charge in [-0.2, -0.15) is 0 Å². The Hall–Kier alpha value is -2.22. The number of nitrogens with zero attached hydrogens (tertiary/aromatic N) is 3. The van der Waals surface area contributed by atoms with Gasteiger partial charge in [0.05, 0.1) is 15.9 Å². The van der Waals surface area contributed by atoms with Crippen LogP contribution in [0.15, 0.2) is 18.2 Å². The largest absolute Gasteiger partial charge is 0.379 e. The van der Waals surface area contributed by atoms with Gasteiger partial charge in [0.2, 0.25) is 0 Å². The van der Waals surface area contributed by atoms with Crippen LogP contribution in [0.5, 0.6) is 0 Å². The van der Waals surface area contributed by atoms with Gasteiger partial charge in [-0.25, -0.2) is 0 Å². The molecule has 0 aromatic heterocycles. The molecular formula is C15H22N4O4. The van der Waals surface area contributed by atoms with E-state index in [1.54, 1.807) is 0 Å². The summed E-state index contributed by atoms with van der Waals surface area (Å²) in [6.07, 6.45) is 4.49. The Kier molecular flexibility index (Phi) is 5.15. The van der Waals surface area contributed by atoms with Crippen molar-refractivity contribution in [3.05, 3.63) is 38.4 Å². The summed E-state index contributed by atoms with van der Waals surface area (Å²) in [6, 6.07) is 3.73. The molecule has 0 saturated heterocycles. The second-order valence-electron chi connectivity index (χ2n) is 6.51. The third kappa shape index (κ3) is 4.16. The fraction of sp³-hybridized carbons (Fsp3) is 0.600. The van der Waals surface area contributed by atoms with E-state index < -0.39 is 9.85 Å². The second kappa shape index (κ2) is 6.91. The molecule has 8 heteroatoms. The van der Waals surface area contributed by atoms with E-state index in [1.165, 1.54) is 12.1 Å². The van der Waals surface area contributed by atoms with Crippen molar-refractivity contribution in [3.8, 4) is 0 Å². The first kappa shape index (κ1) is 17.1. The first-order valence-corrected chi connectivity index (χ1v) is 7.64. The van der Waals surface area contributed by atoms with Crippen molar-refractivity contribution in [1.29, 1.82) is 0 Å². The number of non-ortho nitro benzene ring substituents is 1. The highest BCUT2D eigenvalue weighted by Crippen LogP contribution is 2.39. The van der Waals surface area contributed by atoms with Crippen LogP contribution in [0.4, 0.5) is 17.1 Å². The molecule has 0 spiro atoms. The lowest BCUT2D eigenvalue weighted by atomic mass is 9.85. The standard InChI is InChI=1S/C15H22N4O4/c1-17(2)11-15(7-3-4-8-15)10-16-13-6-5-12(18(20)21)9-14(13)19(22)23/h5-6,9,16H,3-4,7-8,10-11H2,1-2H3. The van der Waals surface area contributed by atoms with E-state index in [-0.39, 0.29) is 16.8 Å². The molecule has 1 N–H and O–H groups in total. The van der Waals surface area contributed by atoms with E-state index in [4.69, 9.17) is 0 Å². The third-order valence-corrected chi connectivity index (χ3v) is 4.36. The number of hydrogen-bond acceptors (Lipinski definition) is 6. The van der Waals surface area contributed by atoms with Gasteiger partial charge in [-0.05, 0) is 33.0 Å². The molecule has 1 aromatic carbocycles. The first-order valence-electron chi connectivity index (χ1n) is 7.64. The van der Waals surface area contributed by atoms with E-state index in [0.717, 1.165) is 38.3 Å². The Labute approximate surface area is 134 Å². The van der Waals surface area contributed by atoms with Gasteiger partial charge in [0.25, 0.3) is 11.4 Å². The maximum absolute atomic E-state index is 11.2. The van der Waals surface area contributed by atoms with Crippen LogP contribution in [0.1, 0.15) is 25.7 Å². The van der Waals surface area contributed by atoms with Crippen LogP contribution in [-0.2, 0) is 0 Å². The number of hydrogen-bond donors (Lipinski definition) is 1. The summed E-state index contributed by atoms with van der Waals surface area (Å²) in [6.45, 7) is 1.55. The molecule has 0 bridgehead atoms. The van der Waals surface area contributed by atoms with Crippen molar-refractivity contribution in [2.75, 3.05) is 32.5 Å². The molecule has 0 aliphatic heterocycles. The van der Waals surface area contributed by atoms with Crippen molar-refractivity contribution in [1.82, 2.24) is 4.90 Å². The van der Waals surface area contributed by atoms with Crippen LogP contribution < -0.4 is 5.32 Å². The maximum atomic E-state index is 11.2. The number of rotatable bonds is 7. The quantitative estimate of drug-likeness (QED) is 0.611. The molecule has 1 fully saturated rings. The molecule has 1 saturated carbocycles. The lowest BCUT2D eigenvalue weighted by Crippen LogP contribution is -2.37. The van der Waals surface area contributed by atoms with Crippen molar-refractivity contribution in [2.24, 2.45) is 5.41 Å². The van der Waals surface area contributed by atoms with Crippen LogP contribution in [0.3, 0.4) is 0 Å². The minimum Gasteiger partial charge on any atom is -0.379 e. The number of nitro groups is 2. The average Bonchev–Trinajstić information content (AvgIpc) is 2.92. The van der Waals surface area contributed by atoms with Gasteiger partial charge < -0.3 is 10.2 Å². The molecule has 0 unspecified atom stereocenters. The van der Waals surface area contributed by atoms with E-state index in [9.17, 15) is 20.2 Å². The van der Waals surface area contributed by atoms with E-state index in [1.807, 2.05) is 14.1 Å². The maximum Gasteiger partial charge on any atom is 0.299 e. The highest BCUT2D eigenvalue weighted by atomic mass is 16.6. The summed E-state index contributed by atoms with van der Waals surface area (Å²) < 4.78 is 0. The first-order chi connectivity index (χ1) is 10.8. The van der Waals surface area contributed by atoms with Crippen molar-refractivity contribution in [3.63, 3.8) is 0 Å². The molecule has 1 aromatic rings. The summed E-state index contributed by atoms with van der Waals surface area (Å²) in [5.41, 5.74) is -0.0898. The van der Waals surface area contributed by atoms with E-state index >= 15 is 0 Å². The minimum atomic E-state index is -0.624. The van der Waals surface area contributed by atoms with Gasteiger partial charge in [0.15, 0.2) is 0 Å². The van der Waals surface area contributed by atoms with Crippen LogP contribution in [0, 0.1) is 25.6 Å². The number of nitrogens with one attached hydrogen (secondary N) is 1. The van der Waals surface area contributed by atoms with Gasteiger partial charge in [-0.15, -0.1) is 0 Å². The zero-order chi connectivity index (χ0) is 17.0. The molecule has 2 rings (SSSR count). The minimum absolute atomic E-state index is 0.0964. The molecule has 0 amide bonds. The number of nitro benzene ring substituents is 2. The van der Waals surface area contributed by atoms with Gasteiger partial charge in [-0.1, -0.05) is 12.8 Å². The predicted octanol–water partition coefficient (Wildman–Crippen LogP) is 3.04. The fourth-order valence-electron chi connectivity index (χ4n) is 3.40. The molecular weight excluding hydrogens is 300 g/mol. The molecule has 0 atom stereocenters. The van der Waals surface area contributed by atoms with Crippen LogP contribution >= 0.6 is 0 Å². The Morgan fingerprint density at radius 2 is 1.83 bits per heavy atom. The topological polar surface area (TPSA) is 102 Å². The predicted molar refractivity (Wildman–Crippen MR) is 87.7 cm³/mol. The molecule has 8 nitrogen and oxygen atoms in total. The number of anilines is 1. The summed E-state index contributed by atoms with van der Waals surface area (Å²) in [4.78, 5) is 22.9. The zero-order valence-corrected chi connectivity index (χ0v) is 13.4. The lowest BCUT2D eigenvalue weighted by molar-refractivity contribution is -0.393. The molecule has 1 aliphatic carbocycles. The summed E-state index contributed by atoms with van der Waals surface area (Å²) in [7, 11) is 4.04. The van der Waals surface area contributed by atoms with Crippen LogP contribution in [-0.4, -0.2) is 41.9 Å². The van der Waals surface area contributed by atoms with Crippen LogP contribution in [0.2, 0.25) is 0 Å². The normalized spacial score (nSPS) is 16.5. The summed E-state index contributed by atoms with van der Waals surface area (Å²) in [5, 5.41) is 25.1. The molecule has 126 valence electrons. The van der Waals surface area contributed by atoms with Gasteiger partial charge in [0.1, 0.15) is 5.69 Å². The van der Waals surface area contributed by atoms with Crippen molar-refractivity contribution < 1.29 is 9.85 Å². The highest BCUT2D eigenvalue weighted by Gasteiger charge is 2.34. The Morgan fingerprint density at radius 1 is 1.17 bits per heavy atom. The molecule has 23 heavy (non-hydrogen) atoms. The SMILES string of the molecule is CN(C)CC1(CNc2ccc([N+](=O)[O-])cc2[N+](=O)[O-])CCCC1. The van der Waals surface area contributed by atoms with Gasteiger partial charge in [0, 0.05) is 24.6 Å². The highest BCUT2D eigenvalue weighted by molar-refractivity contribution is 5.65. The Bertz CT molecular complexity index is 597. The monoisotopic (exact) mass is 322 g/mol. The third-order valence-electron chi connectivity index (χ3n) is 4.36. The average molecular weight is 322 g/mol. The van der Waals surface area contributed by atoms with Crippen molar-refractivity contribution in [2.45, 2.75) is 25.7 Å². The van der Waals surface area contributed by atoms with E-state index in [2.05, 4.69) is 10.2 Å². The Morgan fingerprint density at radius 3 is 2.35 bits per heavy atom. The Balaban J connectivity index is 2.18. The summed E-state index contributed by atoms with van der Waals surface area (Å²) in [5.74, 6) is 0. The zero-order valence-electron chi connectivity index (χ0n) is 13.4. The van der Waals surface area contributed by atoms with Crippen LogP contribution in [0.25, 0.3) is 0 Å². The lowest BCUT2D eigenvalue weighted by Gasteiger charge is -2.32. The van der Waals surface area contributed by atoms with Gasteiger partial charge in [-0.3, -0.25) is 20.2 Å². The fourth-order valence-corrected chi connectivity index (χ4v) is 3.40. The second-order valence-corrected chi connectivity index (χ2v) is 6.51. The van der Waals surface area contributed by atoms with Gasteiger partial charge >= 0.3 is 0 Å². The summed E-state index contributed by atoms with van der Waals surface area (Å²) >= 11 is 0. The smallest absolute Gasteiger partial charge is 0.299 e. The van der Waals surface area contributed by atoms with E-state index in [0.29, 0.717) is 12.2 Å². The number of benzene rings is 1. The molecule has 0 radical (unpaired) electrons. The van der Waals surface area contributed by atoms with Crippen molar-refractivity contribution >= 4 is 17.1 Å².